The zero-order chi connectivity index (χ0) is 6.69. The van der Waals surface area contributed by atoms with Gasteiger partial charge in [0.1, 0.15) is 0 Å². The summed E-state index contributed by atoms with van der Waals surface area (Å²) in [6.45, 7) is 4.96. The van der Waals surface area contributed by atoms with E-state index in [-0.39, 0.29) is 17.0 Å². The summed E-state index contributed by atoms with van der Waals surface area (Å²) >= 11 is 0. The zero-order valence-corrected chi connectivity index (χ0v) is 7.80. The molecule has 1 heterocycles. The molecule has 3 nitrogen and oxygen atoms in total. The maximum atomic E-state index is 4.15. The minimum absolute atomic E-state index is 0. The van der Waals surface area contributed by atoms with Crippen LogP contribution in [0, 0.1) is 0 Å². The highest BCUT2D eigenvalue weighted by molar-refractivity contribution is 4.89. The average molecular weight is 205 g/mol. The molecule has 0 atom stereocenters. The molecular formula is C6H11BrN3-. The standard InChI is InChI=1S/C6H11N3.BrH/c1-3-6-5-7-9(4-2)8-6;/h5H,3-4H2,1-2H3;1H/p-1. The van der Waals surface area contributed by atoms with Crippen LogP contribution >= 0.6 is 0 Å². The van der Waals surface area contributed by atoms with Crippen LogP contribution < -0.4 is 17.0 Å². The van der Waals surface area contributed by atoms with Crippen molar-refractivity contribution in [3.63, 3.8) is 0 Å². The Hall–Kier alpha value is -0.380. The van der Waals surface area contributed by atoms with Crippen LogP contribution in [0.25, 0.3) is 0 Å². The van der Waals surface area contributed by atoms with Gasteiger partial charge in [0, 0.05) is 0 Å². The smallest absolute Gasteiger partial charge is 0.0824 e. The predicted octanol–water partition coefficient (Wildman–Crippen LogP) is -2.14. The van der Waals surface area contributed by atoms with Gasteiger partial charge in [-0.05, 0) is 13.3 Å². The summed E-state index contributed by atoms with van der Waals surface area (Å²) < 4.78 is 0. The van der Waals surface area contributed by atoms with E-state index >= 15 is 0 Å². The van der Waals surface area contributed by atoms with E-state index in [9.17, 15) is 0 Å². The molecule has 0 radical (unpaired) electrons. The molecule has 0 aliphatic carbocycles. The molecule has 1 aromatic rings. The molecule has 0 aliphatic heterocycles. The maximum absolute atomic E-state index is 4.15. The van der Waals surface area contributed by atoms with Crippen molar-refractivity contribution in [1.82, 2.24) is 15.0 Å². The van der Waals surface area contributed by atoms with E-state index in [1.165, 1.54) is 0 Å². The lowest BCUT2D eigenvalue weighted by Crippen LogP contribution is -3.00. The van der Waals surface area contributed by atoms with Gasteiger partial charge >= 0.3 is 0 Å². The van der Waals surface area contributed by atoms with Crippen molar-refractivity contribution in [2.45, 2.75) is 26.8 Å². The van der Waals surface area contributed by atoms with Gasteiger partial charge in [0.05, 0.1) is 18.4 Å². The molecule has 1 rings (SSSR count). The van der Waals surface area contributed by atoms with Crippen LogP contribution in [0.15, 0.2) is 6.20 Å². The highest BCUT2D eigenvalue weighted by Crippen LogP contribution is 1.90. The summed E-state index contributed by atoms with van der Waals surface area (Å²) in [5, 5.41) is 8.16. The minimum atomic E-state index is 0. The number of halogens is 1. The van der Waals surface area contributed by atoms with Crippen LogP contribution in [-0.2, 0) is 13.0 Å². The molecule has 0 saturated carbocycles. The second kappa shape index (κ2) is 4.44. The molecule has 58 valence electrons. The third kappa shape index (κ3) is 2.10. The van der Waals surface area contributed by atoms with Crippen molar-refractivity contribution < 1.29 is 17.0 Å². The first-order chi connectivity index (χ1) is 4.36. The SMILES string of the molecule is CCc1cnn(CC)n1.[Br-]. The second-order valence-corrected chi connectivity index (χ2v) is 1.88. The molecule has 0 N–H and O–H groups in total. The quantitative estimate of drug-likeness (QED) is 0.552. The number of hydrogen-bond donors (Lipinski definition) is 0. The second-order valence-electron chi connectivity index (χ2n) is 1.88. The minimum Gasteiger partial charge on any atom is -1.00 e. The molecule has 0 amide bonds. The molecule has 0 unspecified atom stereocenters. The number of nitrogens with zero attached hydrogens (tertiary/aromatic N) is 3. The van der Waals surface area contributed by atoms with Crippen LogP contribution in [0.4, 0.5) is 0 Å². The average Bonchev–Trinajstić information content (AvgIpc) is 2.34. The Kier molecular flexibility index (Phi) is 4.27. The van der Waals surface area contributed by atoms with Gasteiger partial charge in [-0.25, -0.2) is 0 Å². The van der Waals surface area contributed by atoms with Gasteiger partial charge in [-0.2, -0.15) is 15.0 Å². The Morgan fingerprint density at radius 3 is 2.50 bits per heavy atom. The summed E-state index contributed by atoms with van der Waals surface area (Å²) in [5.74, 6) is 0. The molecule has 10 heavy (non-hydrogen) atoms. The Bertz CT molecular complexity index is 166. The van der Waals surface area contributed by atoms with E-state index in [1.54, 1.807) is 4.80 Å². The van der Waals surface area contributed by atoms with E-state index in [4.69, 9.17) is 0 Å². The number of rotatable bonds is 2. The van der Waals surface area contributed by atoms with Crippen molar-refractivity contribution in [3.8, 4) is 0 Å². The maximum Gasteiger partial charge on any atom is 0.0824 e. The van der Waals surface area contributed by atoms with Gasteiger partial charge in [-0.1, -0.05) is 6.92 Å². The summed E-state index contributed by atoms with van der Waals surface area (Å²) in [4.78, 5) is 1.69. The monoisotopic (exact) mass is 204 g/mol. The molecule has 4 heteroatoms. The zero-order valence-electron chi connectivity index (χ0n) is 6.21. The number of aromatic nitrogens is 3. The topological polar surface area (TPSA) is 30.7 Å². The lowest BCUT2D eigenvalue weighted by atomic mass is 10.4. The molecule has 1 aromatic heterocycles. The van der Waals surface area contributed by atoms with E-state index in [0.717, 1.165) is 18.7 Å². The Morgan fingerprint density at radius 2 is 2.20 bits per heavy atom. The fourth-order valence-electron chi connectivity index (χ4n) is 0.648. The molecule has 0 aromatic carbocycles. The van der Waals surface area contributed by atoms with E-state index in [1.807, 2.05) is 13.1 Å². The summed E-state index contributed by atoms with van der Waals surface area (Å²) in [6, 6.07) is 0. The highest BCUT2D eigenvalue weighted by Gasteiger charge is 1.92. The van der Waals surface area contributed by atoms with Crippen molar-refractivity contribution in [1.29, 1.82) is 0 Å². The number of hydrogen-bond acceptors (Lipinski definition) is 2. The first-order valence-electron chi connectivity index (χ1n) is 3.25. The van der Waals surface area contributed by atoms with Gasteiger partial charge in [0.2, 0.25) is 0 Å². The fourth-order valence-corrected chi connectivity index (χ4v) is 0.648. The van der Waals surface area contributed by atoms with Crippen LogP contribution in [-0.4, -0.2) is 15.0 Å². The third-order valence-corrected chi connectivity index (χ3v) is 1.23. The van der Waals surface area contributed by atoms with E-state index < -0.39 is 0 Å². The largest absolute Gasteiger partial charge is 1.00 e. The molecule has 0 spiro atoms. The summed E-state index contributed by atoms with van der Waals surface area (Å²) in [7, 11) is 0. The first kappa shape index (κ1) is 9.62. The normalized spacial score (nSPS) is 9.00. The van der Waals surface area contributed by atoms with E-state index in [0.29, 0.717) is 0 Å². The van der Waals surface area contributed by atoms with Crippen LogP contribution in [0.5, 0.6) is 0 Å². The van der Waals surface area contributed by atoms with Gasteiger partial charge < -0.3 is 17.0 Å². The number of aryl methyl sites for hydroxylation is 2. The Balaban J connectivity index is 0.000000810. The molecule has 0 aliphatic rings. The summed E-state index contributed by atoms with van der Waals surface area (Å²) in [5.41, 5.74) is 1.07. The highest BCUT2D eigenvalue weighted by atomic mass is 79.9. The van der Waals surface area contributed by atoms with Crippen LogP contribution in [0.1, 0.15) is 19.5 Å². The van der Waals surface area contributed by atoms with Gasteiger partial charge in [-0.3, -0.25) is 0 Å². The third-order valence-electron chi connectivity index (χ3n) is 1.23. The van der Waals surface area contributed by atoms with Gasteiger partial charge in [0.15, 0.2) is 0 Å². The molecule has 0 fully saturated rings. The fraction of sp³-hybridized carbons (Fsp3) is 0.667. The van der Waals surface area contributed by atoms with Crippen molar-refractivity contribution in [2.24, 2.45) is 0 Å². The van der Waals surface area contributed by atoms with Crippen molar-refractivity contribution >= 4 is 0 Å². The van der Waals surface area contributed by atoms with Crippen LogP contribution in [0.3, 0.4) is 0 Å². The Labute approximate surface area is 71.2 Å². The van der Waals surface area contributed by atoms with Crippen LogP contribution in [0.2, 0.25) is 0 Å². The molecular weight excluding hydrogens is 194 g/mol. The van der Waals surface area contributed by atoms with Crippen molar-refractivity contribution in [2.75, 3.05) is 0 Å². The lowest BCUT2D eigenvalue weighted by molar-refractivity contribution is -0.00000219. The molecule has 0 saturated heterocycles. The van der Waals surface area contributed by atoms with E-state index in [2.05, 4.69) is 17.1 Å². The predicted molar refractivity (Wildman–Crippen MR) is 35.1 cm³/mol. The first-order valence-corrected chi connectivity index (χ1v) is 3.25. The Morgan fingerprint density at radius 1 is 1.50 bits per heavy atom. The van der Waals surface area contributed by atoms with Gasteiger partial charge in [-0.15, -0.1) is 0 Å². The van der Waals surface area contributed by atoms with Crippen molar-refractivity contribution in [3.05, 3.63) is 11.9 Å². The molecule has 0 bridgehead atoms. The lowest BCUT2D eigenvalue weighted by Gasteiger charge is -1.87. The summed E-state index contributed by atoms with van der Waals surface area (Å²) in [6.07, 6.45) is 2.78. The van der Waals surface area contributed by atoms with Gasteiger partial charge in [0.25, 0.3) is 0 Å².